The van der Waals surface area contributed by atoms with Crippen LogP contribution in [0.2, 0.25) is 0 Å². The Kier molecular flexibility index (Phi) is 1.51. The van der Waals surface area contributed by atoms with Crippen LogP contribution in [-0.4, -0.2) is 35.7 Å². The van der Waals surface area contributed by atoms with Crippen molar-refractivity contribution >= 4 is 0 Å². The zero-order valence-electron chi connectivity index (χ0n) is 6.03. The highest BCUT2D eigenvalue weighted by atomic mass is 16.3. The monoisotopic (exact) mass is 139 g/mol. The van der Waals surface area contributed by atoms with Gasteiger partial charge in [0.15, 0.2) is 0 Å². The minimum atomic E-state index is 0.303. The number of nitrogens with zero attached hydrogens (tertiary/aromatic N) is 1. The van der Waals surface area contributed by atoms with Gasteiger partial charge < -0.3 is 5.11 Å². The molecule has 0 aromatic carbocycles. The lowest BCUT2D eigenvalue weighted by atomic mass is 10.2. The molecule has 1 aliphatic heterocycles. The van der Waals surface area contributed by atoms with E-state index in [9.17, 15) is 0 Å². The predicted molar refractivity (Wildman–Crippen MR) is 39.7 cm³/mol. The van der Waals surface area contributed by atoms with Crippen LogP contribution in [0.1, 0.15) is 6.42 Å². The number of likely N-dealkylation sites (tertiary alicyclic amines) is 1. The lowest BCUT2D eigenvalue weighted by Gasteiger charge is -2.21. The van der Waals surface area contributed by atoms with E-state index >= 15 is 0 Å². The van der Waals surface area contributed by atoms with E-state index in [0.29, 0.717) is 12.6 Å². The Morgan fingerprint density at radius 1 is 1.50 bits per heavy atom. The maximum Gasteiger partial charge on any atom is 0.0558 e. The van der Waals surface area contributed by atoms with Crippen molar-refractivity contribution in [3.05, 3.63) is 12.2 Å². The Morgan fingerprint density at radius 3 is 2.90 bits per heavy atom. The van der Waals surface area contributed by atoms with Gasteiger partial charge in [-0.1, -0.05) is 12.2 Å². The maximum absolute atomic E-state index is 8.69. The van der Waals surface area contributed by atoms with Crippen molar-refractivity contribution in [3.8, 4) is 0 Å². The van der Waals surface area contributed by atoms with E-state index in [1.54, 1.807) is 0 Å². The lowest BCUT2D eigenvalue weighted by molar-refractivity contribution is 0.197. The number of aliphatic hydroxyl groups excluding tert-OH is 1. The molecule has 56 valence electrons. The molecule has 1 heterocycles. The summed E-state index contributed by atoms with van der Waals surface area (Å²) in [5.74, 6) is 0.788. The molecule has 10 heavy (non-hydrogen) atoms. The average Bonchev–Trinajstić information content (AvgIpc) is 2.48. The molecule has 0 amide bonds. The van der Waals surface area contributed by atoms with E-state index in [2.05, 4.69) is 17.1 Å². The first-order valence-corrected chi connectivity index (χ1v) is 3.93. The fourth-order valence-corrected chi connectivity index (χ4v) is 1.98. The van der Waals surface area contributed by atoms with Gasteiger partial charge in [-0.15, -0.1) is 0 Å². The smallest absolute Gasteiger partial charge is 0.0558 e. The summed E-state index contributed by atoms with van der Waals surface area (Å²) in [6.07, 6.45) is 5.86. The Morgan fingerprint density at radius 2 is 2.40 bits per heavy atom. The van der Waals surface area contributed by atoms with Gasteiger partial charge in [0.05, 0.1) is 6.61 Å². The van der Waals surface area contributed by atoms with Crippen LogP contribution in [0.3, 0.4) is 0 Å². The zero-order chi connectivity index (χ0) is 6.97. The molecule has 1 fully saturated rings. The highest BCUT2D eigenvalue weighted by Crippen LogP contribution is 2.30. The molecule has 0 radical (unpaired) electrons. The fourth-order valence-electron chi connectivity index (χ4n) is 1.98. The second-order valence-electron chi connectivity index (χ2n) is 3.17. The first kappa shape index (κ1) is 6.38. The molecule has 2 bridgehead atoms. The molecule has 2 atom stereocenters. The molecule has 0 aromatic rings. The quantitative estimate of drug-likeness (QED) is 0.554. The minimum absolute atomic E-state index is 0.303. The van der Waals surface area contributed by atoms with Crippen molar-refractivity contribution in [3.63, 3.8) is 0 Å². The molecule has 2 nitrogen and oxygen atoms in total. The van der Waals surface area contributed by atoms with Gasteiger partial charge in [0.25, 0.3) is 0 Å². The van der Waals surface area contributed by atoms with Crippen LogP contribution in [-0.2, 0) is 0 Å². The predicted octanol–water partition coefficient (Wildman–Crippen LogP) is 0.239. The number of hydrogen-bond acceptors (Lipinski definition) is 2. The van der Waals surface area contributed by atoms with Gasteiger partial charge in [0.1, 0.15) is 0 Å². The van der Waals surface area contributed by atoms with E-state index in [0.717, 1.165) is 12.5 Å². The summed E-state index contributed by atoms with van der Waals surface area (Å²) in [7, 11) is 0. The van der Waals surface area contributed by atoms with Gasteiger partial charge in [-0.25, -0.2) is 0 Å². The molecule has 0 saturated carbocycles. The van der Waals surface area contributed by atoms with Crippen LogP contribution < -0.4 is 0 Å². The highest BCUT2D eigenvalue weighted by molar-refractivity contribution is 5.12. The van der Waals surface area contributed by atoms with Gasteiger partial charge in [-0.2, -0.15) is 0 Å². The highest BCUT2D eigenvalue weighted by Gasteiger charge is 2.32. The van der Waals surface area contributed by atoms with Gasteiger partial charge in [-0.3, -0.25) is 4.90 Å². The second-order valence-corrected chi connectivity index (χ2v) is 3.17. The summed E-state index contributed by atoms with van der Waals surface area (Å²) in [6, 6.07) is 0.650. The van der Waals surface area contributed by atoms with E-state index in [-0.39, 0.29) is 0 Å². The number of rotatable bonds is 2. The molecular weight excluding hydrogens is 126 g/mol. The Balaban J connectivity index is 1.96. The van der Waals surface area contributed by atoms with Gasteiger partial charge in [0, 0.05) is 19.1 Å². The first-order valence-electron chi connectivity index (χ1n) is 3.93. The Bertz CT molecular complexity index is 155. The van der Waals surface area contributed by atoms with Crippen LogP contribution in [0.25, 0.3) is 0 Å². The summed E-state index contributed by atoms with van der Waals surface area (Å²) in [6.45, 7) is 2.32. The van der Waals surface area contributed by atoms with Crippen LogP contribution in [0.15, 0.2) is 12.2 Å². The van der Waals surface area contributed by atoms with Gasteiger partial charge >= 0.3 is 0 Å². The second kappa shape index (κ2) is 2.36. The summed E-state index contributed by atoms with van der Waals surface area (Å²) in [4.78, 5) is 2.35. The lowest BCUT2D eigenvalue weighted by Crippen LogP contribution is -2.32. The third kappa shape index (κ3) is 0.879. The van der Waals surface area contributed by atoms with Crippen molar-refractivity contribution in [2.75, 3.05) is 19.7 Å². The normalized spacial score (nSPS) is 37.7. The summed E-state index contributed by atoms with van der Waals surface area (Å²) < 4.78 is 0. The van der Waals surface area contributed by atoms with Crippen molar-refractivity contribution in [2.24, 2.45) is 5.92 Å². The first-order chi connectivity index (χ1) is 4.90. The zero-order valence-corrected chi connectivity index (χ0v) is 6.03. The van der Waals surface area contributed by atoms with Crippen LogP contribution in [0, 0.1) is 5.92 Å². The largest absolute Gasteiger partial charge is 0.395 e. The molecule has 2 unspecified atom stereocenters. The van der Waals surface area contributed by atoms with Crippen molar-refractivity contribution in [1.29, 1.82) is 0 Å². The molecule has 2 aliphatic rings. The average molecular weight is 139 g/mol. The number of β-amino-alcohol motifs (C(OH)–C–C–N with tert-alkyl or cyclic N) is 1. The van der Waals surface area contributed by atoms with Crippen molar-refractivity contribution in [2.45, 2.75) is 12.5 Å². The number of aliphatic hydroxyl groups is 1. The van der Waals surface area contributed by atoms with Crippen LogP contribution in [0.4, 0.5) is 0 Å². The van der Waals surface area contributed by atoms with E-state index in [1.165, 1.54) is 13.0 Å². The van der Waals surface area contributed by atoms with E-state index in [1.807, 2.05) is 0 Å². The van der Waals surface area contributed by atoms with Gasteiger partial charge in [-0.05, 0) is 12.3 Å². The van der Waals surface area contributed by atoms with Crippen molar-refractivity contribution in [1.82, 2.24) is 4.90 Å². The number of hydrogen-bond donors (Lipinski definition) is 1. The molecule has 1 aliphatic carbocycles. The van der Waals surface area contributed by atoms with Gasteiger partial charge in [0.2, 0.25) is 0 Å². The molecular formula is C8H13NO. The fraction of sp³-hybridized carbons (Fsp3) is 0.750. The molecule has 2 rings (SSSR count). The molecule has 0 spiro atoms. The van der Waals surface area contributed by atoms with Crippen molar-refractivity contribution < 1.29 is 5.11 Å². The summed E-state index contributed by atoms with van der Waals surface area (Å²) in [5.41, 5.74) is 0. The number of fused-ring (bicyclic) bond motifs is 2. The third-order valence-corrected chi connectivity index (χ3v) is 2.47. The van der Waals surface area contributed by atoms with E-state index < -0.39 is 0 Å². The van der Waals surface area contributed by atoms with E-state index in [4.69, 9.17) is 5.11 Å². The Hall–Kier alpha value is -0.340. The molecule has 0 aromatic heterocycles. The van der Waals surface area contributed by atoms with Crippen LogP contribution in [0.5, 0.6) is 0 Å². The summed E-state index contributed by atoms with van der Waals surface area (Å²) >= 11 is 0. The Labute approximate surface area is 61.1 Å². The maximum atomic E-state index is 8.69. The molecule has 1 saturated heterocycles. The minimum Gasteiger partial charge on any atom is -0.395 e. The third-order valence-electron chi connectivity index (χ3n) is 2.47. The molecule has 1 N–H and O–H groups in total. The summed E-state index contributed by atoms with van der Waals surface area (Å²) in [5, 5.41) is 8.69. The SMILES string of the molecule is OCCN1CC2C=CC1C2. The standard InChI is InChI=1S/C8H13NO/c10-4-3-9-6-7-1-2-8(9)5-7/h1-2,7-8,10H,3-6H2. The molecule has 2 heteroatoms. The van der Waals surface area contributed by atoms with Crippen LogP contribution >= 0.6 is 0 Å². The topological polar surface area (TPSA) is 23.5 Å².